The third-order valence-corrected chi connectivity index (χ3v) is 1.79. The van der Waals surface area contributed by atoms with Crippen molar-refractivity contribution in [2.75, 3.05) is 20.8 Å². The van der Waals surface area contributed by atoms with Gasteiger partial charge in [0.05, 0.1) is 0 Å². The van der Waals surface area contributed by atoms with Gasteiger partial charge in [0.1, 0.15) is 0 Å². The highest BCUT2D eigenvalue weighted by atomic mass is 28.3. The van der Waals surface area contributed by atoms with Gasteiger partial charge in [-0.1, -0.05) is 0 Å². The summed E-state index contributed by atoms with van der Waals surface area (Å²) in [7, 11) is 3.75. The first-order valence-electron chi connectivity index (χ1n) is 2.65. The predicted octanol–water partition coefficient (Wildman–Crippen LogP) is -0.637. The van der Waals surface area contributed by atoms with Crippen LogP contribution in [0.4, 0.5) is 0 Å². The van der Waals surface area contributed by atoms with Crippen LogP contribution in [-0.2, 0) is 13.3 Å². The zero-order valence-corrected chi connectivity index (χ0v) is 8.38. The molecule has 0 aromatic carbocycles. The molecule has 0 amide bonds. The lowest BCUT2D eigenvalue weighted by atomic mass is 10.9. The van der Waals surface area contributed by atoms with Crippen LogP contribution < -0.4 is 0 Å². The van der Waals surface area contributed by atoms with Gasteiger partial charge in [-0.05, 0) is 6.92 Å². The molecule has 10 heavy (non-hydrogen) atoms. The van der Waals surface area contributed by atoms with E-state index in [1.54, 1.807) is 14.2 Å². The van der Waals surface area contributed by atoms with Crippen LogP contribution in [0.2, 0.25) is 0 Å². The van der Waals surface area contributed by atoms with Gasteiger partial charge in [-0.2, -0.15) is 0 Å². The molecular weight excluding hydrogens is 168 g/mol. The molecule has 4 radical (unpaired) electrons. The molecule has 0 unspecified atom stereocenters. The highest BCUT2D eigenvalue weighted by Crippen LogP contribution is 1.85. The summed E-state index contributed by atoms with van der Waals surface area (Å²) in [5, 5.41) is 0. The summed E-state index contributed by atoms with van der Waals surface area (Å²) in [5.41, 5.74) is 0. The SMILES string of the molecule is CCO[Si](OC)OC.O[Si]. The molecule has 0 saturated heterocycles. The molecule has 0 fully saturated rings. The third kappa shape index (κ3) is 8.27. The summed E-state index contributed by atoms with van der Waals surface area (Å²) in [6.07, 6.45) is 0. The molecule has 0 atom stereocenters. The van der Waals surface area contributed by atoms with Crippen molar-refractivity contribution < 1.29 is 18.1 Å². The highest BCUT2D eigenvalue weighted by molar-refractivity contribution is 6.36. The van der Waals surface area contributed by atoms with E-state index in [4.69, 9.17) is 18.1 Å². The van der Waals surface area contributed by atoms with Crippen LogP contribution in [-0.4, -0.2) is 45.6 Å². The monoisotopic (exact) mass is 180 g/mol. The van der Waals surface area contributed by atoms with Gasteiger partial charge in [-0.15, -0.1) is 0 Å². The first-order valence-corrected chi connectivity index (χ1v) is 4.32. The van der Waals surface area contributed by atoms with Gasteiger partial charge in [0.2, 0.25) is 10.5 Å². The lowest BCUT2D eigenvalue weighted by molar-refractivity contribution is 0.142. The minimum absolute atomic E-state index is 0.649. The van der Waals surface area contributed by atoms with Crippen molar-refractivity contribution in [3.8, 4) is 0 Å². The Labute approximate surface area is 66.6 Å². The van der Waals surface area contributed by atoms with Crippen LogP contribution in [0, 0.1) is 0 Å². The van der Waals surface area contributed by atoms with Gasteiger partial charge in [0.15, 0.2) is 0 Å². The van der Waals surface area contributed by atoms with Crippen molar-refractivity contribution in [3.05, 3.63) is 0 Å². The molecule has 0 rings (SSSR count). The minimum atomic E-state index is -1.37. The molecule has 0 bridgehead atoms. The average molecular weight is 180 g/mol. The molecule has 0 aromatic heterocycles. The van der Waals surface area contributed by atoms with Gasteiger partial charge in [0.25, 0.3) is 0 Å². The fourth-order valence-electron chi connectivity index (χ4n) is 0.319. The molecule has 1 N–H and O–H groups in total. The fourth-order valence-corrected chi connectivity index (χ4v) is 0.957. The van der Waals surface area contributed by atoms with Crippen molar-refractivity contribution in [1.82, 2.24) is 0 Å². The first-order chi connectivity index (χ1) is 4.85. The second-order valence-electron chi connectivity index (χ2n) is 1.09. The highest BCUT2D eigenvalue weighted by Gasteiger charge is 2.11. The van der Waals surface area contributed by atoms with Gasteiger partial charge in [-0.25, -0.2) is 0 Å². The average Bonchev–Trinajstić information content (AvgIpc) is 2.04. The Bertz CT molecular complexity index is 50.5. The van der Waals surface area contributed by atoms with Crippen LogP contribution in [0.3, 0.4) is 0 Å². The van der Waals surface area contributed by atoms with Gasteiger partial charge >= 0.3 is 9.53 Å². The van der Waals surface area contributed by atoms with E-state index in [1.165, 1.54) is 0 Å². The van der Waals surface area contributed by atoms with Crippen LogP contribution in [0.5, 0.6) is 0 Å². The molecule has 0 aliphatic heterocycles. The normalized spacial score (nSPS) is 9.00. The molecule has 60 valence electrons. The van der Waals surface area contributed by atoms with E-state index in [-0.39, 0.29) is 0 Å². The molecule has 0 heterocycles. The second-order valence-corrected chi connectivity index (χ2v) is 2.70. The fraction of sp³-hybridized carbons (Fsp3) is 1.00. The number of hydrogen-bond donors (Lipinski definition) is 1. The summed E-state index contributed by atoms with van der Waals surface area (Å²) in [6, 6.07) is 0. The summed E-state index contributed by atoms with van der Waals surface area (Å²) in [4.78, 5) is 6.81. The standard InChI is InChI=1S/C4H11O3Si.HOSi/c1-4-7-8(5-2)6-3;1-2/h4H2,1-3H3;1H. The number of hydrogen-bond acceptors (Lipinski definition) is 4. The minimum Gasteiger partial charge on any atom is -0.433 e. The largest absolute Gasteiger partial charge is 0.577 e. The van der Waals surface area contributed by atoms with E-state index in [1.807, 2.05) is 17.4 Å². The second kappa shape index (κ2) is 12.0. The Morgan fingerprint density at radius 1 is 1.30 bits per heavy atom. The lowest BCUT2D eigenvalue weighted by Gasteiger charge is -2.05. The summed E-state index contributed by atoms with van der Waals surface area (Å²) in [6.45, 7) is 2.55. The Morgan fingerprint density at radius 3 is 1.80 bits per heavy atom. The van der Waals surface area contributed by atoms with Crippen LogP contribution >= 0.6 is 0 Å². The summed E-state index contributed by atoms with van der Waals surface area (Å²) < 4.78 is 14.6. The van der Waals surface area contributed by atoms with Gasteiger partial charge in [0, 0.05) is 20.8 Å². The van der Waals surface area contributed by atoms with E-state index in [0.717, 1.165) is 0 Å². The van der Waals surface area contributed by atoms with E-state index in [2.05, 4.69) is 0 Å². The zero-order chi connectivity index (χ0) is 8.41. The first kappa shape index (κ1) is 12.9. The Kier molecular flexibility index (Phi) is 15.5. The molecular formula is C4H12O4Si2. The summed E-state index contributed by atoms with van der Waals surface area (Å²) in [5.74, 6) is 0. The third-order valence-electron chi connectivity index (χ3n) is 0.596. The quantitative estimate of drug-likeness (QED) is 0.585. The van der Waals surface area contributed by atoms with Crippen LogP contribution in [0.15, 0.2) is 0 Å². The van der Waals surface area contributed by atoms with Crippen LogP contribution in [0.1, 0.15) is 6.92 Å². The van der Waals surface area contributed by atoms with Gasteiger partial charge in [-0.3, -0.25) is 0 Å². The van der Waals surface area contributed by atoms with E-state index >= 15 is 0 Å². The lowest BCUT2D eigenvalue weighted by Crippen LogP contribution is -2.23. The Balaban J connectivity index is 0. The maximum Gasteiger partial charge on any atom is 0.577 e. The van der Waals surface area contributed by atoms with E-state index in [0.29, 0.717) is 6.61 Å². The molecule has 0 saturated carbocycles. The predicted molar refractivity (Wildman–Crippen MR) is 39.4 cm³/mol. The molecule has 0 aromatic rings. The molecule has 0 spiro atoms. The molecule has 4 nitrogen and oxygen atoms in total. The van der Waals surface area contributed by atoms with Crippen molar-refractivity contribution in [1.29, 1.82) is 0 Å². The maximum absolute atomic E-state index is 6.81. The van der Waals surface area contributed by atoms with Gasteiger partial charge < -0.3 is 18.1 Å². The van der Waals surface area contributed by atoms with Crippen molar-refractivity contribution in [3.63, 3.8) is 0 Å². The van der Waals surface area contributed by atoms with E-state index in [9.17, 15) is 0 Å². The topological polar surface area (TPSA) is 47.9 Å². The molecule has 0 aliphatic carbocycles. The van der Waals surface area contributed by atoms with E-state index < -0.39 is 9.53 Å². The van der Waals surface area contributed by atoms with Crippen molar-refractivity contribution >= 4 is 20.0 Å². The molecule has 0 aliphatic rings. The maximum atomic E-state index is 6.81. The van der Waals surface area contributed by atoms with Crippen molar-refractivity contribution in [2.24, 2.45) is 0 Å². The van der Waals surface area contributed by atoms with Crippen LogP contribution in [0.25, 0.3) is 0 Å². The zero-order valence-electron chi connectivity index (χ0n) is 6.38. The molecule has 6 heteroatoms. The number of rotatable bonds is 4. The Hall–Kier alpha value is 0.274. The smallest absolute Gasteiger partial charge is 0.433 e. The summed E-state index contributed by atoms with van der Waals surface area (Å²) >= 11 is 0. The Morgan fingerprint density at radius 2 is 1.70 bits per heavy atom. The van der Waals surface area contributed by atoms with Crippen molar-refractivity contribution in [2.45, 2.75) is 6.92 Å².